The highest BCUT2D eigenvalue weighted by Crippen LogP contribution is 2.28. The molecule has 3 rings (SSSR count). The number of aromatic nitrogens is 2. The van der Waals surface area contributed by atoms with Crippen molar-refractivity contribution in [1.29, 1.82) is 0 Å². The van der Waals surface area contributed by atoms with Crippen LogP contribution in [0.25, 0.3) is 11.3 Å². The van der Waals surface area contributed by atoms with Crippen LogP contribution in [-0.2, 0) is 13.1 Å². The van der Waals surface area contributed by atoms with Gasteiger partial charge in [0.1, 0.15) is 6.33 Å². The summed E-state index contributed by atoms with van der Waals surface area (Å²) in [6, 6.07) is 6.50. The zero-order chi connectivity index (χ0) is 11.8. The lowest BCUT2D eigenvalue weighted by molar-refractivity contribution is 0.758. The molecule has 17 heavy (non-hydrogen) atoms. The van der Waals surface area contributed by atoms with Crippen molar-refractivity contribution in [2.24, 2.45) is 0 Å². The zero-order valence-electron chi connectivity index (χ0n) is 10.1. The maximum absolute atomic E-state index is 4.46. The Balaban J connectivity index is 2.19. The Kier molecular flexibility index (Phi) is 2.41. The maximum Gasteiger partial charge on any atom is 0.116 e. The summed E-state index contributed by atoms with van der Waals surface area (Å²) >= 11 is 0. The number of hydrogen-bond acceptors (Lipinski definition) is 3. The van der Waals surface area contributed by atoms with E-state index in [1.165, 1.54) is 22.3 Å². The first-order valence-corrected chi connectivity index (χ1v) is 5.87. The number of nitrogens with one attached hydrogen (secondary N) is 1. The van der Waals surface area contributed by atoms with Gasteiger partial charge >= 0.3 is 0 Å². The average molecular weight is 225 g/mol. The SMILES string of the molecule is Cc1ccc(-c2ncnc3c2CNC3)c(C)c1. The minimum atomic E-state index is 0.857. The van der Waals surface area contributed by atoms with Crippen molar-refractivity contribution in [2.75, 3.05) is 0 Å². The summed E-state index contributed by atoms with van der Waals surface area (Å²) in [4.78, 5) is 8.78. The van der Waals surface area contributed by atoms with Crippen LogP contribution in [0.5, 0.6) is 0 Å². The Labute approximate surface area is 101 Å². The highest BCUT2D eigenvalue weighted by Gasteiger charge is 2.18. The van der Waals surface area contributed by atoms with Crippen LogP contribution in [0, 0.1) is 13.8 Å². The van der Waals surface area contributed by atoms with Crippen molar-refractivity contribution < 1.29 is 0 Å². The van der Waals surface area contributed by atoms with Crippen molar-refractivity contribution >= 4 is 0 Å². The molecule has 0 spiro atoms. The third kappa shape index (κ3) is 1.72. The standard InChI is InChI=1S/C14H15N3/c1-9-3-4-11(10(2)5-9)14-12-6-15-7-13(12)16-8-17-14/h3-5,8,15H,6-7H2,1-2H3. The smallest absolute Gasteiger partial charge is 0.116 e. The minimum Gasteiger partial charge on any atom is -0.307 e. The molecule has 1 N–H and O–H groups in total. The lowest BCUT2D eigenvalue weighted by atomic mass is 9.99. The molecule has 2 heterocycles. The number of hydrogen-bond donors (Lipinski definition) is 1. The van der Waals surface area contributed by atoms with E-state index in [-0.39, 0.29) is 0 Å². The second kappa shape index (κ2) is 3.93. The molecule has 0 saturated carbocycles. The van der Waals surface area contributed by atoms with E-state index in [2.05, 4.69) is 47.3 Å². The molecular formula is C14H15N3. The fourth-order valence-corrected chi connectivity index (χ4v) is 2.40. The number of rotatable bonds is 1. The van der Waals surface area contributed by atoms with Gasteiger partial charge in [0.2, 0.25) is 0 Å². The van der Waals surface area contributed by atoms with E-state index in [9.17, 15) is 0 Å². The van der Waals surface area contributed by atoms with Crippen LogP contribution < -0.4 is 5.32 Å². The zero-order valence-corrected chi connectivity index (χ0v) is 10.1. The number of nitrogens with zero attached hydrogens (tertiary/aromatic N) is 2. The van der Waals surface area contributed by atoms with Gasteiger partial charge in [-0.2, -0.15) is 0 Å². The van der Waals surface area contributed by atoms with E-state index in [1.54, 1.807) is 6.33 Å². The van der Waals surface area contributed by atoms with Crippen molar-refractivity contribution in [3.63, 3.8) is 0 Å². The third-order valence-corrected chi connectivity index (χ3v) is 3.27. The van der Waals surface area contributed by atoms with Gasteiger partial charge in [0, 0.05) is 24.2 Å². The molecule has 1 aliphatic rings. The Morgan fingerprint density at radius 2 is 2.00 bits per heavy atom. The molecule has 86 valence electrons. The maximum atomic E-state index is 4.46. The lowest BCUT2D eigenvalue weighted by Crippen LogP contribution is -2.01. The van der Waals surface area contributed by atoms with Crippen molar-refractivity contribution in [3.8, 4) is 11.3 Å². The predicted molar refractivity (Wildman–Crippen MR) is 67.5 cm³/mol. The van der Waals surface area contributed by atoms with Crippen molar-refractivity contribution in [3.05, 3.63) is 46.9 Å². The molecule has 1 aromatic carbocycles. The average Bonchev–Trinajstić information content (AvgIpc) is 2.77. The fraction of sp³-hybridized carbons (Fsp3) is 0.286. The van der Waals surface area contributed by atoms with Gasteiger partial charge in [-0.15, -0.1) is 0 Å². The molecule has 0 amide bonds. The van der Waals surface area contributed by atoms with E-state index in [0.717, 1.165) is 24.5 Å². The topological polar surface area (TPSA) is 37.8 Å². The summed E-state index contributed by atoms with van der Waals surface area (Å²) in [5.41, 5.74) is 7.25. The lowest BCUT2D eigenvalue weighted by Gasteiger charge is -2.09. The number of benzene rings is 1. The Morgan fingerprint density at radius 1 is 1.12 bits per heavy atom. The summed E-state index contributed by atoms with van der Waals surface area (Å²) in [7, 11) is 0. The van der Waals surface area contributed by atoms with Gasteiger partial charge in [-0.1, -0.05) is 23.8 Å². The molecule has 0 fully saturated rings. The van der Waals surface area contributed by atoms with Gasteiger partial charge in [0.15, 0.2) is 0 Å². The summed E-state index contributed by atoms with van der Waals surface area (Å²) < 4.78 is 0. The second-order valence-corrected chi connectivity index (χ2v) is 4.57. The quantitative estimate of drug-likeness (QED) is 0.809. The summed E-state index contributed by atoms with van der Waals surface area (Å²) in [6.07, 6.45) is 1.67. The summed E-state index contributed by atoms with van der Waals surface area (Å²) in [5, 5.41) is 3.33. The molecule has 0 atom stereocenters. The summed E-state index contributed by atoms with van der Waals surface area (Å²) in [5.74, 6) is 0. The van der Waals surface area contributed by atoms with E-state index in [1.807, 2.05) is 0 Å². The van der Waals surface area contributed by atoms with Crippen molar-refractivity contribution in [1.82, 2.24) is 15.3 Å². The normalized spacial score (nSPS) is 13.8. The van der Waals surface area contributed by atoms with Crippen LogP contribution in [-0.4, -0.2) is 9.97 Å². The van der Waals surface area contributed by atoms with Gasteiger partial charge in [-0.25, -0.2) is 9.97 Å². The van der Waals surface area contributed by atoms with E-state index in [0.29, 0.717) is 0 Å². The third-order valence-electron chi connectivity index (χ3n) is 3.27. The van der Waals surface area contributed by atoms with Crippen molar-refractivity contribution in [2.45, 2.75) is 26.9 Å². The van der Waals surface area contributed by atoms with Crippen LogP contribution in [0.2, 0.25) is 0 Å². The molecule has 0 unspecified atom stereocenters. The molecule has 1 aromatic heterocycles. The Bertz CT molecular complexity index is 576. The van der Waals surface area contributed by atoms with Crippen LogP contribution in [0.4, 0.5) is 0 Å². The molecule has 3 nitrogen and oxygen atoms in total. The van der Waals surface area contributed by atoms with Gasteiger partial charge < -0.3 is 5.32 Å². The highest BCUT2D eigenvalue weighted by molar-refractivity contribution is 5.68. The molecular weight excluding hydrogens is 210 g/mol. The van der Waals surface area contributed by atoms with E-state index >= 15 is 0 Å². The molecule has 0 aliphatic carbocycles. The minimum absolute atomic E-state index is 0.857. The summed E-state index contributed by atoms with van der Waals surface area (Å²) in [6.45, 7) is 5.98. The van der Waals surface area contributed by atoms with Crippen LogP contribution in [0.3, 0.4) is 0 Å². The van der Waals surface area contributed by atoms with Gasteiger partial charge in [-0.3, -0.25) is 0 Å². The monoisotopic (exact) mass is 225 g/mol. The van der Waals surface area contributed by atoms with Crippen LogP contribution >= 0.6 is 0 Å². The largest absolute Gasteiger partial charge is 0.307 e. The number of aryl methyl sites for hydroxylation is 2. The first-order chi connectivity index (χ1) is 8.25. The van der Waals surface area contributed by atoms with Gasteiger partial charge in [-0.05, 0) is 19.4 Å². The first kappa shape index (κ1) is 10.4. The number of fused-ring (bicyclic) bond motifs is 1. The van der Waals surface area contributed by atoms with E-state index in [4.69, 9.17) is 0 Å². The second-order valence-electron chi connectivity index (χ2n) is 4.57. The first-order valence-electron chi connectivity index (χ1n) is 5.87. The molecule has 0 bridgehead atoms. The predicted octanol–water partition coefficient (Wildman–Crippen LogP) is 2.36. The molecule has 2 aromatic rings. The van der Waals surface area contributed by atoms with Gasteiger partial charge in [0.25, 0.3) is 0 Å². The molecule has 0 saturated heterocycles. The Hall–Kier alpha value is -1.74. The van der Waals surface area contributed by atoms with E-state index < -0.39 is 0 Å². The van der Waals surface area contributed by atoms with Crippen LogP contribution in [0.15, 0.2) is 24.5 Å². The highest BCUT2D eigenvalue weighted by atomic mass is 15.0. The fourth-order valence-electron chi connectivity index (χ4n) is 2.40. The van der Waals surface area contributed by atoms with Gasteiger partial charge in [0.05, 0.1) is 11.4 Å². The Morgan fingerprint density at radius 3 is 2.82 bits per heavy atom. The molecule has 3 heteroatoms. The molecule has 1 aliphatic heterocycles. The van der Waals surface area contributed by atoms with Crippen LogP contribution in [0.1, 0.15) is 22.4 Å². The molecule has 0 radical (unpaired) electrons.